The molecule has 9 heteroatoms. The summed E-state index contributed by atoms with van der Waals surface area (Å²) in [7, 11) is -3.72. The van der Waals surface area contributed by atoms with E-state index in [1.54, 1.807) is 0 Å². The second-order valence-electron chi connectivity index (χ2n) is 5.75. The number of nitro benzene ring substituents is 1. The molecule has 0 spiro atoms. The largest absolute Gasteiger partial charge is 0.326 e. The number of halogens is 1. The van der Waals surface area contributed by atoms with Gasteiger partial charge >= 0.3 is 0 Å². The lowest BCUT2D eigenvalue weighted by atomic mass is 9.95. The van der Waals surface area contributed by atoms with E-state index in [2.05, 4.69) is 0 Å². The highest BCUT2D eigenvalue weighted by atomic mass is 35.5. The normalized spacial score (nSPS) is 20.8. The highest BCUT2D eigenvalue weighted by Gasteiger charge is 2.38. The van der Waals surface area contributed by atoms with Crippen LogP contribution in [0.15, 0.2) is 59.5 Å². The van der Waals surface area contributed by atoms with E-state index in [4.69, 9.17) is 5.73 Å². The molecular formula is C16H18ClN3O4S. The van der Waals surface area contributed by atoms with Crippen LogP contribution in [0.5, 0.6) is 0 Å². The Bertz CT molecular complexity index is 843. The van der Waals surface area contributed by atoms with Gasteiger partial charge < -0.3 is 5.73 Å². The number of benzene rings is 2. The van der Waals surface area contributed by atoms with Gasteiger partial charge in [0.15, 0.2) is 0 Å². The lowest BCUT2D eigenvalue weighted by molar-refractivity contribution is -0.384. The molecule has 2 N–H and O–H groups in total. The van der Waals surface area contributed by atoms with E-state index >= 15 is 0 Å². The van der Waals surface area contributed by atoms with Crippen LogP contribution >= 0.6 is 12.4 Å². The van der Waals surface area contributed by atoms with Gasteiger partial charge in [0.2, 0.25) is 10.0 Å². The van der Waals surface area contributed by atoms with Crippen molar-refractivity contribution in [3.63, 3.8) is 0 Å². The van der Waals surface area contributed by atoms with Crippen molar-refractivity contribution in [2.75, 3.05) is 13.1 Å². The fraction of sp³-hybridized carbons (Fsp3) is 0.250. The van der Waals surface area contributed by atoms with Crippen LogP contribution in [0.1, 0.15) is 11.5 Å². The first-order valence-electron chi connectivity index (χ1n) is 7.45. The quantitative estimate of drug-likeness (QED) is 0.642. The van der Waals surface area contributed by atoms with Crippen LogP contribution in [0.3, 0.4) is 0 Å². The molecule has 1 fully saturated rings. The number of hydrogen-bond acceptors (Lipinski definition) is 5. The Morgan fingerprint density at radius 3 is 2.20 bits per heavy atom. The van der Waals surface area contributed by atoms with Crippen LogP contribution in [-0.4, -0.2) is 36.8 Å². The van der Waals surface area contributed by atoms with Gasteiger partial charge in [-0.1, -0.05) is 30.3 Å². The minimum Gasteiger partial charge on any atom is -0.326 e. The number of rotatable bonds is 4. The standard InChI is InChI=1S/C16H17N3O4S.ClH/c17-16-11-18(10-15(16)12-4-2-1-3-5-12)24(22,23)14-8-6-13(7-9-14)19(20)21;/h1-9,15-16H,10-11,17H2;1H/t15-,16+;/m0./s1. The van der Waals surface area contributed by atoms with E-state index in [0.29, 0.717) is 6.54 Å². The van der Waals surface area contributed by atoms with E-state index in [-0.39, 0.29) is 41.5 Å². The van der Waals surface area contributed by atoms with Gasteiger partial charge in [0.1, 0.15) is 0 Å². The summed E-state index contributed by atoms with van der Waals surface area (Å²) in [5.41, 5.74) is 7.01. The van der Waals surface area contributed by atoms with Crippen molar-refractivity contribution >= 4 is 28.1 Å². The van der Waals surface area contributed by atoms with Crippen LogP contribution in [0.2, 0.25) is 0 Å². The molecule has 1 saturated heterocycles. The SMILES string of the molecule is Cl.N[C@@H]1CN(S(=O)(=O)c2ccc([N+](=O)[O-])cc2)C[C@H]1c1ccccc1. The summed E-state index contributed by atoms with van der Waals surface area (Å²) in [5.74, 6) is -0.0703. The van der Waals surface area contributed by atoms with Crippen LogP contribution in [0, 0.1) is 10.1 Å². The average Bonchev–Trinajstić information content (AvgIpc) is 2.98. The minimum absolute atomic E-state index is 0. The molecule has 0 radical (unpaired) electrons. The Hall–Kier alpha value is -2.00. The fourth-order valence-electron chi connectivity index (χ4n) is 2.93. The summed E-state index contributed by atoms with van der Waals surface area (Å²) in [6.45, 7) is 0.517. The van der Waals surface area contributed by atoms with Crippen molar-refractivity contribution in [1.29, 1.82) is 0 Å². The molecular weight excluding hydrogens is 366 g/mol. The van der Waals surface area contributed by atoms with Crippen molar-refractivity contribution in [2.45, 2.75) is 16.9 Å². The topological polar surface area (TPSA) is 107 Å². The predicted molar refractivity (Wildman–Crippen MR) is 96.3 cm³/mol. The van der Waals surface area contributed by atoms with Crippen LogP contribution in [0.25, 0.3) is 0 Å². The van der Waals surface area contributed by atoms with Crippen molar-refractivity contribution < 1.29 is 13.3 Å². The number of nitrogens with two attached hydrogens (primary N) is 1. The third-order valence-electron chi connectivity index (χ3n) is 4.24. The second-order valence-corrected chi connectivity index (χ2v) is 7.69. The molecule has 1 aliphatic heterocycles. The van der Waals surface area contributed by atoms with Gasteiger partial charge in [-0.15, -0.1) is 12.4 Å². The number of sulfonamides is 1. The smallest absolute Gasteiger partial charge is 0.269 e. The number of hydrogen-bond donors (Lipinski definition) is 1. The summed E-state index contributed by atoms with van der Waals surface area (Å²) in [5, 5.41) is 10.7. The highest BCUT2D eigenvalue weighted by Crippen LogP contribution is 2.30. The molecule has 25 heavy (non-hydrogen) atoms. The van der Waals surface area contributed by atoms with Gasteiger partial charge in [0.25, 0.3) is 5.69 Å². The Kier molecular flexibility index (Phi) is 5.79. The Balaban J connectivity index is 0.00000225. The van der Waals surface area contributed by atoms with Crippen LogP contribution in [0.4, 0.5) is 5.69 Å². The predicted octanol–water partition coefficient (Wildman–Crippen LogP) is 2.13. The van der Waals surface area contributed by atoms with Crippen molar-refractivity contribution in [3.05, 3.63) is 70.3 Å². The zero-order valence-corrected chi connectivity index (χ0v) is 14.8. The molecule has 7 nitrogen and oxygen atoms in total. The molecule has 2 aromatic carbocycles. The number of nitro groups is 1. The summed E-state index contributed by atoms with van der Waals surface area (Å²) in [6.07, 6.45) is 0. The minimum atomic E-state index is -3.72. The molecule has 0 unspecified atom stereocenters. The monoisotopic (exact) mass is 383 g/mol. The lowest BCUT2D eigenvalue weighted by Gasteiger charge is -2.16. The van der Waals surface area contributed by atoms with E-state index in [0.717, 1.165) is 5.56 Å². The molecule has 1 heterocycles. The molecule has 3 rings (SSSR count). The molecule has 2 aromatic rings. The van der Waals surface area contributed by atoms with Gasteiger partial charge in [-0.3, -0.25) is 10.1 Å². The molecule has 0 bridgehead atoms. The second kappa shape index (κ2) is 7.49. The van der Waals surface area contributed by atoms with Gasteiger partial charge in [-0.25, -0.2) is 8.42 Å². The molecule has 0 aromatic heterocycles. The lowest BCUT2D eigenvalue weighted by Crippen LogP contribution is -2.32. The first-order valence-corrected chi connectivity index (χ1v) is 8.89. The van der Waals surface area contributed by atoms with Gasteiger partial charge in [-0.2, -0.15) is 4.31 Å². The maximum atomic E-state index is 12.7. The molecule has 2 atom stereocenters. The molecule has 0 aliphatic carbocycles. The van der Waals surface area contributed by atoms with E-state index in [1.165, 1.54) is 28.6 Å². The number of non-ortho nitro benzene ring substituents is 1. The molecule has 134 valence electrons. The Morgan fingerprint density at radius 2 is 1.64 bits per heavy atom. The average molecular weight is 384 g/mol. The van der Waals surface area contributed by atoms with E-state index in [1.807, 2.05) is 30.3 Å². The summed E-state index contributed by atoms with van der Waals surface area (Å²) in [6, 6.07) is 14.2. The van der Waals surface area contributed by atoms with Gasteiger partial charge in [-0.05, 0) is 17.7 Å². The van der Waals surface area contributed by atoms with E-state index < -0.39 is 14.9 Å². The first-order chi connectivity index (χ1) is 11.4. The fourth-order valence-corrected chi connectivity index (χ4v) is 4.43. The zero-order chi connectivity index (χ0) is 17.3. The van der Waals surface area contributed by atoms with Crippen molar-refractivity contribution in [3.8, 4) is 0 Å². The molecule has 0 amide bonds. The Labute approximate surface area is 152 Å². The summed E-state index contributed by atoms with van der Waals surface area (Å²) >= 11 is 0. The maximum absolute atomic E-state index is 12.7. The number of nitrogens with zero attached hydrogens (tertiary/aromatic N) is 2. The third kappa shape index (κ3) is 3.82. The zero-order valence-electron chi connectivity index (χ0n) is 13.2. The highest BCUT2D eigenvalue weighted by molar-refractivity contribution is 7.89. The summed E-state index contributed by atoms with van der Waals surface area (Å²) < 4.78 is 26.8. The van der Waals surface area contributed by atoms with Crippen LogP contribution in [-0.2, 0) is 10.0 Å². The van der Waals surface area contributed by atoms with Gasteiger partial charge in [0, 0.05) is 37.2 Å². The van der Waals surface area contributed by atoms with E-state index in [9.17, 15) is 18.5 Å². The maximum Gasteiger partial charge on any atom is 0.269 e. The van der Waals surface area contributed by atoms with Crippen LogP contribution < -0.4 is 5.73 Å². The molecule has 0 saturated carbocycles. The Morgan fingerprint density at radius 1 is 1.04 bits per heavy atom. The third-order valence-corrected chi connectivity index (χ3v) is 6.09. The first kappa shape index (κ1) is 19.3. The van der Waals surface area contributed by atoms with Crippen molar-refractivity contribution in [2.24, 2.45) is 5.73 Å². The van der Waals surface area contributed by atoms with Crippen molar-refractivity contribution in [1.82, 2.24) is 4.31 Å². The van der Waals surface area contributed by atoms with Gasteiger partial charge in [0.05, 0.1) is 9.82 Å². The molecule has 1 aliphatic rings. The summed E-state index contributed by atoms with van der Waals surface area (Å²) in [4.78, 5) is 10.2.